The van der Waals surface area contributed by atoms with Gasteiger partial charge in [0, 0.05) is 23.9 Å². The summed E-state index contributed by atoms with van der Waals surface area (Å²) in [7, 11) is 0. The standard InChI is InChI=1S/C18H16F3N7O/c19-18(20,21)9-28-6-5-15(27-28)26-17(29)16-14(24-12-7-22-10-23-8-12)4-3-13(25-16)11-1-2-11/h3-8,10-11,24H,1-2,9H2,(H,26,27,29). The van der Waals surface area contributed by atoms with E-state index in [9.17, 15) is 18.0 Å². The molecule has 1 aliphatic carbocycles. The van der Waals surface area contributed by atoms with Crippen molar-refractivity contribution >= 4 is 23.1 Å². The van der Waals surface area contributed by atoms with Crippen LogP contribution >= 0.6 is 0 Å². The average molecular weight is 403 g/mol. The van der Waals surface area contributed by atoms with Crippen molar-refractivity contribution in [1.29, 1.82) is 0 Å². The summed E-state index contributed by atoms with van der Waals surface area (Å²) >= 11 is 0. The predicted molar refractivity (Wildman–Crippen MR) is 97.8 cm³/mol. The molecule has 0 aliphatic heterocycles. The number of hydrogen-bond acceptors (Lipinski definition) is 6. The highest BCUT2D eigenvalue weighted by molar-refractivity contribution is 6.06. The number of hydrogen-bond donors (Lipinski definition) is 2. The van der Waals surface area contributed by atoms with Crippen LogP contribution in [-0.4, -0.2) is 36.8 Å². The van der Waals surface area contributed by atoms with E-state index in [1.165, 1.54) is 12.4 Å². The summed E-state index contributed by atoms with van der Waals surface area (Å²) in [5.41, 5.74) is 1.91. The lowest BCUT2D eigenvalue weighted by Crippen LogP contribution is -2.19. The first-order valence-electron chi connectivity index (χ1n) is 8.82. The zero-order chi connectivity index (χ0) is 20.4. The van der Waals surface area contributed by atoms with Crippen molar-refractivity contribution in [3.8, 4) is 0 Å². The summed E-state index contributed by atoms with van der Waals surface area (Å²) in [5.74, 6) is -0.252. The van der Waals surface area contributed by atoms with E-state index in [1.807, 2.05) is 6.07 Å². The van der Waals surface area contributed by atoms with E-state index < -0.39 is 18.6 Å². The van der Waals surface area contributed by atoms with Gasteiger partial charge in [0.15, 0.2) is 11.5 Å². The fourth-order valence-electron chi connectivity index (χ4n) is 2.75. The summed E-state index contributed by atoms with van der Waals surface area (Å²) in [6.07, 6.45) is 3.24. The van der Waals surface area contributed by atoms with Crippen LogP contribution in [-0.2, 0) is 6.54 Å². The summed E-state index contributed by atoms with van der Waals surface area (Å²) in [4.78, 5) is 25.1. The molecule has 0 bridgehead atoms. The van der Waals surface area contributed by atoms with Crippen LogP contribution in [0.15, 0.2) is 43.1 Å². The first-order valence-corrected chi connectivity index (χ1v) is 8.82. The summed E-state index contributed by atoms with van der Waals surface area (Å²) in [5, 5.41) is 9.29. The molecule has 3 aromatic heterocycles. The third-order valence-electron chi connectivity index (χ3n) is 4.19. The van der Waals surface area contributed by atoms with Crippen molar-refractivity contribution in [2.75, 3.05) is 10.6 Å². The van der Waals surface area contributed by atoms with Crippen LogP contribution in [0.25, 0.3) is 0 Å². The van der Waals surface area contributed by atoms with Gasteiger partial charge < -0.3 is 10.6 Å². The van der Waals surface area contributed by atoms with Gasteiger partial charge in [-0.05, 0) is 25.0 Å². The van der Waals surface area contributed by atoms with Gasteiger partial charge in [-0.3, -0.25) is 9.48 Å². The number of nitrogens with one attached hydrogen (secondary N) is 2. The van der Waals surface area contributed by atoms with Gasteiger partial charge in [-0.25, -0.2) is 15.0 Å². The van der Waals surface area contributed by atoms with Gasteiger partial charge in [0.2, 0.25) is 0 Å². The highest BCUT2D eigenvalue weighted by Crippen LogP contribution is 2.39. The van der Waals surface area contributed by atoms with E-state index in [1.54, 1.807) is 18.5 Å². The smallest absolute Gasteiger partial charge is 0.351 e. The first-order chi connectivity index (χ1) is 13.9. The molecule has 8 nitrogen and oxygen atoms in total. The largest absolute Gasteiger partial charge is 0.408 e. The molecule has 0 spiro atoms. The number of aromatic nitrogens is 5. The predicted octanol–water partition coefficient (Wildman–Crippen LogP) is 3.50. The van der Waals surface area contributed by atoms with Gasteiger partial charge in [-0.1, -0.05) is 0 Å². The van der Waals surface area contributed by atoms with E-state index in [0.717, 1.165) is 24.7 Å². The normalized spacial score (nSPS) is 13.9. The van der Waals surface area contributed by atoms with Gasteiger partial charge >= 0.3 is 6.18 Å². The molecular formula is C18H16F3N7O. The maximum absolute atomic E-state index is 12.8. The van der Waals surface area contributed by atoms with E-state index in [0.29, 0.717) is 22.0 Å². The quantitative estimate of drug-likeness (QED) is 0.654. The molecule has 0 saturated heterocycles. The maximum atomic E-state index is 12.8. The van der Waals surface area contributed by atoms with Crippen LogP contribution in [0.3, 0.4) is 0 Å². The van der Waals surface area contributed by atoms with Crippen molar-refractivity contribution in [2.24, 2.45) is 0 Å². The first kappa shape index (κ1) is 18.8. The zero-order valence-corrected chi connectivity index (χ0v) is 15.0. The third-order valence-corrected chi connectivity index (χ3v) is 4.19. The molecule has 1 fully saturated rings. The SMILES string of the molecule is O=C(Nc1ccn(CC(F)(F)F)n1)c1nc(C2CC2)ccc1Nc1cncnc1. The molecule has 4 rings (SSSR count). The van der Waals surface area contributed by atoms with E-state index in [4.69, 9.17) is 0 Å². The minimum Gasteiger partial charge on any atom is -0.351 e. The molecule has 0 radical (unpaired) electrons. The monoisotopic (exact) mass is 403 g/mol. The van der Waals surface area contributed by atoms with Crippen LogP contribution in [0.1, 0.15) is 34.9 Å². The minimum absolute atomic E-state index is 0.00636. The molecule has 150 valence electrons. The summed E-state index contributed by atoms with van der Waals surface area (Å²) in [6.45, 7) is -1.24. The molecule has 29 heavy (non-hydrogen) atoms. The Hall–Kier alpha value is -3.50. The minimum atomic E-state index is -4.40. The molecule has 1 amide bonds. The molecule has 0 aromatic carbocycles. The molecule has 3 heterocycles. The van der Waals surface area contributed by atoms with Crippen LogP contribution in [0.4, 0.5) is 30.4 Å². The molecule has 11 heteroatoms. The average Bonchev–Trinajstić information content (AvgIpc) is 3.43. The molecule has 0 atom stereocenters. The highest BCUT2D eigenvalue weighted by Gasteiger charge is 2.29. The number of pyridine rings is 1. The third kappa shape index (κ3) is 4.86. The van der Waals surface area contributed by atoms with Gasteiger partial charge in [0.25, 0.3) is 5.91 Å². The molecule has 0 unspecified atom stereocenters. The van der Waals surface area contributed by atoms with Crippen molar-refractivity contribution in [3.05, 3.63) is 54.5 Å². The number of halogens is 3. The molecule has 1 aliphatic rings. The number of alkyl halides is 3. The van der Waals surface area contributed by atoms with Crippen molar-refractivity contribution in [3.63, 3.8) is 0 Å². The highest BCUT2D eigenvalue weighted by atomic mass is 19.4. The fourth-order valence-corrected chi connectivity index (χ4v) is 2.75. The second-order valence-electron chi connectivity index (χ2n) is 6.63. The lowest BCUT2D eigenvalue weighted by Gasteiger charge is -2.12. The Bertz CT molecular complexity index is 1020. The number of carbonyl (C=O) groups is 1. The number of anilines is 3. The number of carbonyl (C=O) groups excluding carboxylic acids is 1. The van der Waals surface area contributed by atoms with Gasteiger partial charge in [-0.15, -0.1) is 0 Å². The van der Waals surface area contributed by atoms with Crippen LogP contribution in [0, 0.1) is 0 Å². The lowest BCUT2D eigenvalue weighted by atomic mass is 10.2. The number of amides is 1. The molecule has 3 aromatic rings. The summed E-state index contributed by atoms with van der Waals surface area (Å²) in [6, 6.07) is 4.88. The molecule has 1 saturated carbocycles. The number of nitrogens with zero attached hydrogens (tertiary/aromatic N) is 5. The molecular weight excluding hydrogens is 387 g/mol. The second kappa shape index (κ2) is 7.49. The Balaban J connectivity index is 1.56. The second-order valence-corrected chi connectivity index (χ2v) is 6.63. The maximum Gasteiger partial charge on any atom is 0.408 e. The summed E-state index contributed by atoms with van der Waals surface area (Å²) < 4.78 is 38.2. The van der Waals surface area contributed by atoms with Gasteiger partial charge in [0.05, 0.1) is 23.8 Å². The fraction of sp³-hybridized carbons (Fsp3) is 0.278. The number of rotatable bonds is 6. The Kier molecular flexibility index (Phi) is 4.87. The van der Waals surface area contributed by atoms with Crippen LogP contribution < -0.4 is 10.6 Å². The van der Waals surface area contributed by atoms with E-state index in [2.05, 4.69) is 30.7 Å². The Morgan fingerprint density at radius 3 is 2.62 bits per heavy atom. The van der Waals surface area contributed by atoms with Crippen molar-refractivity contribution < 1.29 is 18.0 Å². The van der Waals surface area contributed by atoms with E-state index >= 15 is 0 Å². The van der Waals surface area contributed by atoms with Gasteiger partial charge in [0.1, 0.15) is 12.9 Å². The van der Waals surface area contributed by atoms with Crippen LogP contribution in [0.2, 0.25) is 0 Å². The van der Waals surface area contributed by atoms with Gasteiger partial charge in [-0.2, -0.15) is 18.3 Å². The van der Waals surface area contributed by atoms with Crippen LogP contribution in [0.5, 0.6) is 0 Å². The Morgan fingerprint density at radius 1 is 1.17 bits per heavy atom. The molecule has 2 N–H and O–H groups in total. The zero-order valence-electron chi connectivity index (χ0n) is 15.0. The Morgan fingerprint density at radius 2 is 1.93 bits per heavy atom. The van der Waals surface area contributed by atoms with Crippen molar-refractivity contribution in [2.45, 2.75) is 31.5 Å². The van der Waals surface area contributed by atoms with E-state index in [-0.39, 0.29) is 11.5 Å². The van der Waals surface area contributed by atoms with Crippen molar-refractivity contribution in [1.82, 2.24) is 24.7 Å². The Labute approximate surface area is 163 Å². The lowest BCUT2D eigenvalue weighted by molar-refractivity contribution is -0.142. The topological polar surface area (TPSA) is 97.6 Å².